The summed E-state index contributed by atoms with van der Waals surface area (Å²) < 4.78 is 0. The molecule has 0 radical (unpaired) electrons. The minimum Gasteiger partial charge on any atom is -0.252 e. The normalized spacial score (nSPS) is 11.7. The van der Waals surface area contributed by atoms with Crippen molar-refractivity contribution in [2.75, 3.05) is 5.43 Å². The van der Waals surface area contributed by atoms with E-state index in [1.807, 2.05) is 35.9 Å². The number of aromatic nitrogens is 1. The first-order valence-electron chi connectivity index (χ1n) is 6.38. The van der Waals surface area contributed by atoms with Gasteiger partial charge >= 0.3 is 0 Å². The average Bonchev–Trinajstić information content (AvgIpc) is 3.18. The molecule has 0 fully saturated rings. The number of nitrogens with one attached hydrogen (secondary N) is 1. The van der Waals surface area contributed by atoms with Crippen molar-refractivity contribution >= 4 is 56.7 Å². The fourth-order valence-corrected chi connectivity index (χ4v) is 3.49. The number of thiazole rings is 1. The zero-order valence-electron chi connectivity index (χ0n) is 11.5. The molecule has 1 aromatic carbocycles. The molecule has 112 valence electrons. The van der Waals surface area contributed by atoms with Crippen LogP contribution in [0.5, 0.6) is 0 Å². The Morgan fingerprint density at radius 2 is 2.05 bits per heavy atom. The summed E-state index contributed by atoms with van der Waals surface area (Å²) in [4.78, 5) is 5.66. The molecule has 1 N–H and O–H groups in total. The molecule has 0 spiro atoms. The molecule has 2 aromatic heterocycles. The lowest BCUT2D eigenvalue weighted by atomic mass is 10.1. The number of hydrazone groups is 1. The number of hydrogen-bond acceptors (Lipinski definition) is 5. The van der Waals surface area contributed by atoms with Gasteiger partial charge in [-0.15, -0.1) is 22.7 Å². The van der Waals surface area contributed by atoms with Crippen molar-refractivity contribution < 1.29 is 0 Å². The molecule has 0 saturated carbocycles. The summed E-state index contributed by atoms with van der Waals surface area (Å²) >= 11 is 15.1. The third-order valence-electron chi connectivity index (χ3n) is 2.93. The molecule has 3 rings (SSSR count). The van der Waals surface area contributed by atoms with Gasteiger partial charge in [0.15, 0.2) is 0 Å². The van der Waals surface area contributed by atoms with E-state index in [0.29, 0.717) is 10.0 Å². The molecule has 0 aliphatic rings. The number of anilines is 1. The van der Waals surface area contributed by atoms with Crippen LogP contribution in [0, 0.1) is 0 Å². The number of thiophene rings is 1. The van der Waals surface area contributed by atoms with Gasteiger partial charge in [-0.1, -0.05) is 35.3 Å². The summed E-state index contributed by atoms with van der Waals surface area (Å²) in [5, 5.41) is 10.2. The zero-order chi connectivity index (χ0) is 15.5. The largest absolute Gasteiger partial charge is 0.252 e. The van der Waals surface area contributed by atoms with Crippen LogP contribution in [0.2, 0.25) is 10.0 Å². The van der Waals surface area contributed by atoms with Gasteiger partial charge in [-0.3, -0.25) is 5.43 Å². The van der Waals surface area contributed by atoms with E-state index in [2.05, 4.69) is 15.5 Å². The van der Waals surface area contributed by atoms with Gasteiger partial charge in [-0.2, -0.15) is 5.10 Å². The van der Waals surface area contributed by atoms with Crippen molar-refractivity contribution in [2.24, 2.45) is 5.10 Å². The van der Waals surface area contributed by atoms with Gasteiger partial charge in [-0.25, -0.2) is 4.98 Å². The maximum Gasteiger partial charge on any atom is 0.203 e. The van der Waals surface area contributed by atoms with Crippen LogP contribution in [0.15, 0.2) is 46.2 Å². The zero-order valence-corrected chi connectivity index (χ0v) is 14.7. The molecular formula is C15H11Cl2N3S2. The predicted octanol–water partition coefficient (Wildman–Crippen LogP) is 6.01. The number of benzene rings is 1. The first-order chi connectivity index (χ1) is 10.6. The summed E-state index contributed by atoms with van der Waals surface area (Å²) in [7, 11) is 0. The Morgan fingerprint density at radius 3 is 2.77 bits per heavy atom. The monoisotopic (exact) mass is 367 g/mol. The van der Waals surface area contributed by atoms with Crippen molar-refractivity contribution in [1.82, 2.24) is 4.98 Å². The SMILES string of the molecule is C/C(=N\Nc1nc(-c2cccs2)cs1)c1ccc(Cl)c(Cl)c1. The Labute approximate surface area is 146 Å². The number of rotatable bonds is 4. The molecule has 0 atom stereocenters. The van der Waals surface area contributed by atoms with Crippen molar-refractivity contribution in [1.29, 1.82) is 0 Å². The fraction of sp³-hybridized carbons (Fsp3) is 0.0667. The molecule has 3 aromatic rings. The van der Waals surface area contributed by atoms with Crippen molar-refractivity contribution in [3.63, 3.8) is 0 Å². The van der Waals surface area contributed by atoms with Crippen LogP contribution in [0.4, 0.5) is 5.13 Å². The Morgan fingerprint density at radius 1 is 1.18 bits per heavy atom. The molecule has 7 heteroatoms. The first kappa shape index (κ1) is 15.5. The van der Waals surface area contributed by atoms with E-state index in [1.165, 1.54) is 11.3 Å². The smallest absolute Gasteiger partial charge is 0.203 e. The van der Waals surface area contributed by atoms with E-state index >= 15 is 0 Å². The molecule has 3 nitrogen and oxygen atoms in total. The van der Waals surface area contributed by atoms with Crippen LogP contribution in [0.25, 0.3) is 10.6 Å². The second-order valence-electron chi connectivity index (χ2n) is 4.45. The van der Waals surface area contributed by atoms with Crippen LogP contribution < -0.4 is 5.43 Å². The van der Waals surface area contributed by atoms with Gasteiger partial charge < -0.3 is 0 Å². The third kappa shape index (κ3) is 3.50. The number of halogens is 2. The lowest BCUT2D eigenvalue weighted by Gasteiger charge is -2.03. The highest BCUT2D eigenvalue weighted by molar-refractivity contribution is 7.15. The van der Waals surface area contributed by atoms with Gasteiger partial charge in [0.2, 0.25) is 5.13 Å². The lowest BCUT2D eigenvalue weighted by Crippen LogP contribution is -1.99. The predicted molar refractivity (Wildman–Crippen MR) is 97.7 cm³/mol. The topological polar surface area (TPSA) is 37.3 Å². The molecule has 0 amide bonds. The van der Waals surface area contributed by atoms with Gasteiger partial charge in [0, 0.05) is 5.38 Å². The highest BCUT2D eigenvalue weighted by atomic mass is 35.5. The third-order valence-corrected chi connectivity index (χ3v) is 5.31. The summed E-state index contributed by atoms with van der Waals surface area (Å²) in [6.07, 6.45) is 0. The summed E-state index contributed by atoms with van der Waals surface area (Å²) in [5.41, 5.74) is 5.67. The van der Waals surface area contributed by atoms with Crippen molar-refractivity contribution in [3.8, 4) is 10.6 Å². The second kappa shape index (κ2) is 6.79. The molecule has 0 aliphatic carbocycles. The Bertz CT molecular complexity index is 810. The van der Waals surface area contributed by atoms with Gasteiger partial charge in [0.05, 0.1) is 26.3 Å². The van der Waals surface area contributed by atoms with E-state index < -0.39 is 0 Å². The molecule has 22 heavy (non-hydrogen) atoms. The van der Waals surface area contributed by atoms with Crippen molar-refractivity contribution in [3.05, 3.63) is 56.7 Å². The molecule has 2 heterocycles. The van der Waals surface area contributed by atoms with E-state index in [1.54, 1.807) is 23.5 Å². The highest BCUT2D eigenvalue weighted by Gasteiger charge is 2.06. The Hall–Kier alpha value is -1.40. The van der Waals surface area contributed by atoms with E-state index in [9.17, 15) is 0 Å². The van der Waals surface area contributed by atoms with Crippen LogP contribution in [-0.2, 0) is 0 Å². The van der Waals surface area contributed by atoms with Gasteiger partial charge in [-0.05, 0) is 36.1 Å². The minimum absolute atomic E-state index is 0.517. The van der Waals surface area contributed by atoms with Gasteiger partial charge in [0.25, 0.3) is 0 Å². The molecule has 0 saturated heterocycles. The summed E-state index contributed by atoms with van der Waals surface area (Å²) in [6, 6.07) is 9.50. The maximum atomic E-state index is 6.02. The quantitative estimate of drug-likeness (QED) is 0.452. The Kier molecular flexibility index (Phi) is 4.78. The van der Waals surface area contributed by atoms with Crippen LogP contribution in [0.3, 0.4) is 0 Å². The molecule has 0 bridgehead atoms. The average molecular weight is 368 g/mol. The highest BCUT2D eigenvalue weighted by Crippen LogP contribution is 2.28. The molecule has 0 unspecified atom stereocenters. The number of hydrogen-bond donors (Lipinski definition) is 1. The molecular weight excluding hydrogens is 357 g/mol. The lowest BCUT2D eigenvalue weighted by molar-refractivity contribution is 1.27. The number of nitrogens with zero attached hydrogens (tertiary/aromatic N) is 2. The van der Waals surface area contributed by atoms with Gasteiger partial charge in [0.1, 0.15) is 0 Å². The van der Waals surface area contributed by atoms with E-state index in [4.69, 9.17) is 23.2 Å². The van der Waals surface area contributed by atoms with E-state index in [-0.39, 0.29) is 0 Å². The van der Waals surface area contributed by atoms with Crippen molar-refractivity contribution in [2.45, 2.75) is 6.92 Å². The summed E-state index contributed by atoms with van der Waals surface area (Å²) in [6.45, 7) is 1.90. The minimum atomic E-state index is 0.517. The second-order valence-corrected chi connectivity index (χ2v) is 7.07. The summed E-state index contributed by atoms with van der Waals surface area (Å²) in [5.74, 6) is 0. The fourth-order valence-electron chi connectivity index (χ4n) is 1.78. The molecule has 0 aliphatic heterocycles. The standard InChI is InChI=1S/C15H11Cl2N3S2/c1-9(10-4-5-11(16)12(17)7-10)19-20-15-18-13(8-22-15)14-3-2-6-21-14/h2-8H,1H3,(H,18,20)/b19-9+. The van der Waals surface area contributed by atoms with Crippen LogP contribution in [-0.4, -0.2) is 10.7 Å². The van der Waals surface area contributed by atoms with Crippen LogP contribution in [0.1, 0.15) is 12.5 Å². The Balaban J connectivity index is 1.74. The first-order valence-corrected chi connectivity index (χ1v) is 8.90. The van der Waals surface area contributed by atoms with Crippen LogP contribution >= 0.6 is 45.9 Å². The maximum absolute atomic E-state index is 6.02. The van der Waals surface area contributed by atoms with E-state index in [0.717, 1.165) is 27.0 Å².